The third-order valence-corrected chi connectivity index (χ3v) is 8.00. The number of carbonyl (C=O) groups is 3. The topological polar surface area (TPSA) is 97.4 Å². The van der Waals surface area contributed by atoms with Gasteiger partial charge in [-0.25, -0.2) is 9.59 Å². The summed E-state index contributed by atoms with van der Waals surface area (Å²) in [6.45, 7) is 23.9. The summed E-state index contributed by atoms with van der Waals surface area (Å²) in [5.41, 5.74) is 0.697. The van der Waals surface area contributed by atoms with Crippen molar-refractivity contribution in [3.8, 4) is 0 Å². The van der Waals surface area contributed by atoms with Crippen molar-refractivity contribution in [3.05, 3.63) is 23.3 Å². The monoisotopic (exact) mass is 606 g/mol. The summed E-state index contributed by atoms with van der Waals surface area (Å²) in [7, 11) is 0. The van der Waals surface area contributed by atoms with Crippen molar-refractivity contribution < 1.29 is 38.1 Å². The van der Waals surface area contributed by atoms with Crippen LogP contribution in [0.5, 0.6) is 0 Å². The summed E-state index contributed by atoms with van der Waals surface area (Å²) in [6, 6.07) is 0. The molecule has 2 heterocycles. The fourth-order valence-electron chi connectivity index (χ4n) is 6.13. The largest absolute Gasteiger partial charge is 0.461 e. The highest BCUT2D eigenvalue weighted by Gasteiger charge is 2.56. The van der Waals surface area contributed by atoms with Crippen LogP contribution in [0.4, 0.5) is 0 Å². The average Bonchev–Trinajstić information content (AvgIpc) is 3.32. The van der Waals surface area contributed by atoms with Crippen LogP contribution in [0.2, 0.25) is 0 Å². The zero-order valence-electron chi connectivity index (χ0n) is 28.8. The third-order valence-electron chi connectivity index (χ3n) is 8.00. The molecule has 0 spiro atoms. The first-order chi connectivity index (χ1) is 19.8. The van der Waals surface area contributed by atoms with E-state index in [0.29, 0.717) is 23.3 Å². The zero-order valence-corrected chi connectivity index (χ0v) is 28.8. The van der Waals surface area contributed by atoms with Gasteiger partial charge in [-0.05, 0) is 97.0 Å². The van der Waals surface area contributed by atoms with Crippen LogP contribution < -0.4 is 0 Å². The first-order valence-corrected chi connectivity index (χ1v) is 16.1. The number of hydrogen-bond donors (Lipinski definition) is 0. The van der Waals surface area contributed by atoms with Crippen molar-refractivity contribution in [2.45, 2.75) is 145 Å². The second-order valence-electron chi connectivity index (χ2n) is 14.7. The van der Waals surface area contributed by atoms with E-state index in [4.69, 9.17) is 23.7 Å². The third kappa shape index (κ3) is 12.4. The molecule has 0 amide bonds. The summed E-state index contributed by atoms with van der Waals surface area (Å²) in [5, 5.41) is 0. The van der Waals surface area contributed by atoms with Gasteiger partial charge in [0.25, 0.3) is 0 Å². The molecule has 0 aromatic carbocycles. The van der Waals surface area contributed by atoms with E-state index in [0.717, 1.165) is 17.9 Å². The first kappa shape index (κ1) is 37.0. The standard InChI is InChI=1S/C35H58O8/c1-13-21(2)14-22(3)15-23(4)16-24(5)17-25(6)18-27(32(37)43-34(8,9)10)19-26(7)31(36)39-20-28-29-30(33(38)40-28)42-35(11,12)41-29/h17-18,21-24,26,28-30H,13-16,19-20H2,1-12H3/b25-17+,27-18-/t21?,22?,23?,24?,26?,28-,29-,30-/m1/s1. The molecule has 2 rings (SSSR count). The summed E-state index contributed by atoms with van der Waals surface area (Å²) in [4.78, 5) is 38.3. The second-order valence-corrected chi connectivity index (χ2v) is 14.7. The van der Waals surface area contributed by atoms with Gasteiger partial charge in [-0.2, -0.15) is 0 Å². The summed E-state index contributed by atoms with van der Waals surface area (Å²) in [6.07, 6.45) is 6.73. The molecule has 5 unspecified atom stereocenters. The van der Waals surface area contributed by atoms with E-state index in [1.54, 1.807) is 20.8 Å². The molecule has 2 saturated heterocycles. The van der Waals surface area contributed by atoms with Crippen LogP contribution in [-0.2, 0) is 38.1 Å². The molecule has 246 valence electrons. The molecule has 0 bridgehead atoms. The fourth-order valence-corrected chi connectivity index (χ4v) is 6.13. The molecule has 0 radical (unpaired) electrons. The van der Waals surface area contributed by atoms with Gasteiger partial charge < -0.3 is 23.7 Å². The van der Waals surface area contributed by atoms with E-state index in [1.807, 2.05) is 33.8 Å². The highest BCUT2D eigenvalue weighted by Crippen LogP contribution is 2.36. The Morgan fingerprint density at radius 2 is 1.58 bits per heavy atom. The minimum Gasteiger partial charge on any atom is -0.461 e. The molecule has 0 N–H and O–H groups in total. The predicted molar refractivity (Wildman–Crippen MR) is 167 cm³/mol. The molecule has 2 aliphatic heterocycles. The Labute approximate surface area is 260 Å². The summed E-state index contributed by atoms with van der Waals surface area (Å²) < 4.78 is 27.9. The van der Waals surface area contributed by atoms with Crippen LogP contribution >= 0.6 is 0 Å². The van der Waals surface area contributed by atoms with Crippen molar-refractivity contribution in [2.24, 2.45) is 29.6 Å². The maximum Gasteiger partial charge on any atom is 0.338 e. The van der Waals surface area contributed by atoms with Crippen molar-refractivity contribution in [1.29, 1.82) is 0 Å². The van der Waals surface area contributed by atoms with Gasteiger partial charge in [0.2, 0.25) is 0 Å². The van der Waals surface area contributed by atoms with Gasteiger partial charge in [0.15, 0.2) is 18.0 Å². The smallest absolute Gasteiger partial charge is 0.338 e. The van der Waals surface area contributed by atoms with Gasteiger partial charge in [0.1, 0.15) is 18.3 Å². The van der Waals surface area contributed by atoms with Crippen molar-refractivity contribution in [3.63, 3.8) is 0 Å². The van der Waals surface area contributed by atoms with Crippen molar-refractivity contribution in [1.82, 2.24) is 0 Å². The van der Waals surface area contributed by atoms with Gasteiger partial charge in [-0.15, -0.1) is 0 Å². The quantitative estimate of drug-likeness (QED) is 0.0827. The van der Waals surface area contributed by atoms with E-state index < -0.39 is 53.5 Å². The van der Waals surface area contributed by atoms with Gasteiger partial charge >= 0.3 is 17.9 Å². The van der Waals surface area contributed by atoms with Gasteiger partial charge in [0.05, 0.1) is 5.92 Å². The lowest BCUT2D eigenvalue weighted by Gasteiger charge is -2.23. The van der Waals surface area contributed by atoms with E-state index >= 15 is 0 Å². The number of esters is 3. The molecule has 43 heavy (non-hydrogen) atoms. The Balaban J connectivity index is 2.04. The van der Waals surface area contributed by atoms with Gasteiger partial charge in [0, 0.05) is 5.57 Å². The minimum absolute atomic E-state index is 0.147. The minimum atomic E-state index is -0.913. The molecule has 0 aromatic rings. The van der Waals surface area contributed by atoms with E-state index in [9.17, 15) is 14.4 Å². The Bertz CT molecular complexity index is 1020. The molecular formula is C35H58O8. The molecule has 8 nitrogen and oxygen atoms in total. The SMILES string of the molecule is CCC(C)CC(C)CC(C)CC(C)/C=C(C)/C=C(/CC(C)C(=O)OC[C@H]1OC(=O)[C@@H]2OC(C)(C)O[C@H]12)C(=O)OC(C)(C)C. The van der Waals surface area contributed by atoms with Crippen LogP contribution in [0.25, 0.3) is 0 Å². The first-order valence-electron chi connectivity index (χ1n) is 16.1. The van der Waals surface area contributed by atoms with Gasteiger partial charge in [-0.1, -0.05) is 59.6 Å². The molecule has 2 aliphatic rings. The maximum absolute atomic E-state index is 13.2. The molecule has 0 aliphatic carbocycles. The van der Waals surface area contributed by atoms with Crippen LogP contribution in [0.1, 0.15) is 115 Å². The number of allylic oxidation sites excluding steroid dienone is 3. The highest BCUT2D eigenvalue weighted by atomic mass is 16.8. The lowest BCUT2D eigenvalue weighted by molar-refractivity contribution is -0.191. The molecule has 0 saturated carbocycles. The van der Waals surface area contributed by atoms with Crippen LogP contribution in [0.3, 0.4) is 0 Å². The number of ether oxygens (including phenoxy) is 5. The van der Waals surface area contributed by atoms with Crippen LogP contribution in [-0.4, -0.2) is 54.2 Å². The van der Waals surface area contributed by atoms with Crippen molar-refractivity contribution in [2.75, 3.05) is 6.61 Å². The Kier molecular flexibility index (Phi) is 13.5. The number of carbonyl (C=O) groups excluding carboxylic acids is 3. The Hall–Kier alpha value is -2.19. The lowest BCUT2D eigenvalue weighted by Crippen LogP contribution is -2.34. The Morgan fingerprint density at radius 3 is 2.19 bits per heavy atom. The lowest BCUT2D eigenvalue weighted by atomic mass is 9.84. The maximum atomic E-state index is 13.2. The molecule has 8 heteroatoms. The molecule has 2 fully saturated rings. The van der Waals surface area contributed by atoms with Crippen LogP contribution in [0, 0.1) is 29.6 Å². The number of fused-ring (bicyclic) bond motifs is 1. The van der Waals surface area contributed by atoms with Crippen molar-refractivity contribution >= 4 is 17.9 Å². The number of rotatable bonds is 15. The zero-order chi connectivity index (χ0) is 32.7. The van der Waals surface area contributed by atoms with Gasteiger partial charge in [-0.3, -0.25) is 4.79 Å². The average molecular weight is 607 g/mol. The van der Waals surface area contributed by atoms with E-state index in [-0.39, 0.29) is 13.0 Å². The normalized spacial score (nSPS) is 25.8. The number of cyclic esters (lactones) is 1. The highest BCUT2D eigenvalue weighted by molar-refractivity contribution is 5.90. The van der Waals surface area contributed by atoms with Crippen LogP contribution in [0.15, 0.2) is 23.3 Å². The van der Waals surface area contributed by atoms with E-state index in [2.05, 4.69) is 40.7 Å². The summed E-state index contributed by atoms with van der Waals surface area (Å²) in [5.74, 6) is -0.604. The second kappa shape index (κ2) is 15.7. The number of hydrogen-bond acceptors (Lipinski definition) is 8. The molecule has 0 aromatic heterocycles. The van der Waals surface area contributed by atoms with E-state index in [1.165, 1.54) is 19.3 Å². The molecule has 8 atom stereocenters. The molecular weight excluding hydrogens is 548 g/mol. The summed E-state index contributed by atoms with van der Waals surface area (Å²) >= 11 is 0. The predicted octanol–water partition coefficient (Wildman–Crippen LogP) is 7.34. The Morgan fingerprint density at radius 1 is 0.977 bits per heavy atom. The fraction of sp³-hybridized carbons (Fsp3) is 0.800.